The van der Waals surface area contributed by atoms with Gasteiger partial charge in [-0.2, -0.15) is 0 Å². The smallest absolute Gasteiger partial charge is 0.258 e. The zero-order valence-corrected chi connectivity index (χ0v) is 17.3. The number of benzene rings is 1. The Balaban J connectivity index is 1.97. The van der Waals surface area contributed by atoms with E-state index in [1.54, 1.807) is 17.0 Å². The second-order valence-corrected chi connectivity index (χ2v) is 8.25. The van der Waals surface area contributed by atoms with E-state index in [1.807, 2.05) is 51.1 Å². The van der Waals surface area contributed by atoms with E-state index in [9.17, 15) is 9.59 Å². The molecule has 1 aromatic heterocycles. The third kappa shape index (κ3) is 6.56. The van der Waals surface area contributed by atoms with E-state index in [1.165, 1.54) is 11.3 Å². The molecule has 0 aliphatic heterocycles. The summed E-state index contributed by atoms with van der Waals surface area (Å²) < 4.78 is 6.16. The van der Waals surface area contributed by atoms with Crippen molar-refractivity contribution in [2.45, 2.75) is 33.4 Å². The highest BCUT2D eigenvalue weighted by Crippen LogP contribution is 2.23. The summed E-state index contributed by atoms with van der Waals surface area (Å²) in [6, 6.07) is 12.2. The molecule has 0 aliphatic carbocycles. The van der Waals surface area contributed by atoms with Crippen LogP contribution in [0.3, 0.4) is 0 Å². The van der Waals surface area contributed by atoms with Crippen molar-refractivity contribution in [2.24, 2.45) is 5.92 Å². The first kappa shape index (κ1) is 21.3. The molecule has 0 saturated carbocycles. The van der Waals surface area contributed by atoms with E-state index in [-0.39, 0.29) is 24.3 Å². The number of rotatable bonds is 9. The van der Waals surface area contributed by atoms with Gasteiger partial charge in [-0.05, 0) is 37.1 Å². The van der Waals surface area contributed by atoms with Gasteiger partial charge in [0.15, 0.2) is 6.61 Å². The van der Waals surface area contributed by atoms with Crippen LogP contribution < -0.4 is 10.1 Å². The molecule has 2 amide bonds. The van der Waals surface area contributed by atoms with Gasteiger partial charge in [-0.1, -0.05) is 43.6 Å². The predicted molar refractivity (Wildman–Crippen MR) is 109 cm³/mol. The van der Waals surface area contributed by atoms with Crippen molar-refractivity contribution in [2.75, 3.05) is 13.2 Å². The molecular weight excluding hydrogens is 384 g/mol. The molecule has 146 valence electrons. The molecule has 0 bridgehead atoms. The molecule has 0 fully saturated rings. The van der Waals surface area contributed by atoms with Gasteiger partial charge in [-0.25, -0.2) is 0 Å². The monoisotopic (exact) mass is 408 g/mol. The number of ether oxygens (including phenoxy) is 1. The average molecular weight is 409 g/mol. The molecule has 0 spiro atoms. The normalized spacial score (nSPS) is 11.9. The van der Waals surface area contributed by atoms with Crippen molar-refractivity contribution in [3.8, 4) is 5.75 Å². The first-order valence-electron chi connectivity index (χ1n) is 8.91. The fourth-order valence-electron chi connectivity index (χ4n) is 2.56. The SMILES string of the molecule is CCN(Cc1ccc(Cl)s1)C(=O)C(NC(=O)COc1ccccc1)C(C)C. The van der Waals surface area contributed by atoms with Crippen molar-refractivity contribution >= 4 is 34.8 Å². The summed E-state index contributed by atoms with van der Waals surface area (Å²) in [5.74, 6) is 0.148. The Morgan fingerprint density at radius 3 is 2.44 bits per heavy atom. The molecule has 0 aliphatic rings. The fraction of sp³-hybridized carbons (Fsp3) is 0.400. The van der Waals surface area contributed by atoms with Crippen molar-refractivity contribution in [1.82, 2.24) is 10.2 Å². The van der Waals surface area contributed by atoms with Crippen LogP contribution in [-0.2, 0) is 16.1 Å². The lowest BCUT2D eigenvalue weighted by molar-refractivity contribution is -0.138. The van der Waals surface area contributed by atoms with Crippen LogP contribution in [0.4, 0.5) is 0 Å². The highest BCUT2D eigenvalue weighted by molar-refractivity contribution is 7.16. The van der Waals surface area contributed by atoms with E-state index in [0.717, 1.165) is 4.88 Å². The number of nitrogens with one attached hydrogen (secondary N) is 1. The van der Waals surface area contributed by atoms with Gasteiger partial charge in [-0.3, -0.25) is 9.59 Å². The van der Waals surface area contributed by atoms with Crippen LogP contribution in [0.5, 0.6) is 5.75 Å². The number of hydrogen-bond donors (Lipinski definition) is 1. The van der Waals surface area contributed by atoms with Crippen molar-refractivity contribution < 1.29 is 14.3 Å². The van der Waals surface area contributed by atoms with Crippen LogP contribution in [0.15, 0.2) is 42.5 Å². The average Bonchev–Trinajstić information content (AvgIpc) is 3.07. The third-order valence-electron chi connectivity index (χ3n) is 4.03. The fourth-order valence-corrected chi connectivity index (χ4v) is 3.66. The van der Waals surface area contributed by atoms with E-state index in [2.05, 4.69) is 5.32 Å². The molecule has 27 heavy (non-hydrogen) atoms. The quantitative estimate of drug-likeness (QED) is 0.683. The molecule has 1 N–H and O–H groups in total. The Hall–Kier alpha value is -2.05. The minimum atomic E-state index is -0.604. The van der Waals surface area contributed by atoms with Gasteiger partial charge < -0.3 is 15.0 Å². The molecule has 1 aromatic carbocycles. The maximum absolute atomic E-state index is 13.0. The van der Waals surface area contributed by atoms with E-state index >= 15 is 0 Å². The minimum absolute atomic E-state index is 0.0425. The first-order valence-corrected chi connectivity index (χ1v) is 10.1. The van der Waals surface area contributed by atoms with Crippen LogP contribution in [-0.4, -0.2) is 35.9 Å². The Morgan fingerprint density at radius 2 is 1.89 bits per heavy atom. The molecule has 0 radical (unpaired) electrons. The second-order valence-electron chi connectivity index (χ2n) is 6.45. The Bertz CT molecular complexity index is 749. The van der Waals surface area contributed by atoms with Gasteiger partial charge in [0, 0.05) is 11.4 Å². The summed E-state index contributed by atoms with van der Waals surface area (Å²) in [4.78, 5) is 28.0. The van der Waals surface area contributed by atoms with Gasteiger partial charge in [0.2, 0.25) is 5.91 Å². The molecule has 7 heteroatoms. The molecule has 1 heterocycles. The number of amides is 2. The largest absolute Gasteiger partial charge is 0.484 e. The van der Waals surface area contributed by atoms with Gasteiger partial charge >= 0.3 is 0 Å². The lowest BCUT2D eigenvalue weighted by atomic mass is 10.0. The maximum Gasteiger partial charge on any atom is 0.258 e. The second kappa shape index (κ2) is 10.3. The van der Waals surface area contributed by atoms with E-state index in [4.69, 9.17) is 16.3 Å². The van der Waals surface area contributed by atoms with Gasteiger partial charge in [0.1, 0.15) is 11.8 Å². The molecule has 2 aromatic rings. The minimum Gasteiger partial charge on any atom is -0.484 e. The predicted octanol–water partition coefficient (Wildman–Crippen LogP) is 3.97. The number of likely N-dealkylation sites (N-methyl/N-ethyl adjacent to an activating group) is 1. The Kier molecular flexibility index (Phi) is 8.13. The maximum atomic E-state index is 13.0. The summed E-state index contributed by atoms with van der Waals surface area (Å²) in [6.07, 6.45) is 0. The summed E-state index contributed by atoms with van der Waals surface area (Å²) in [7, 11) is 0. The van der Waals surface area contributed by atoms with Crippen molar-refractivity contribution in [3.63, 3.8) is 0 Å². The molecular formula is C20H25ClN2O3S. The highest BCUT2D eigenvalue weighted by Gasteiger charge is 2.28. The third-order valence-corrected chi connectivity index (χ3v) is 5.25. The number of carbonyl (C=O) groups excluding carboxylic acids is 2. The number of nitrogens with zero attached hydrogens (tertiary/aromatic N) is 1. The summed E-state index contributed by atoms with van der Waals surface area (Å²) in [6.45, 7) is 6.64. The highest BCUT2D eigenvalue weighted by atomic mass is 35.5. The lowest BCUT2D eigenvalue weighted by Crippen LogP contribution is -2.51. The standard InChI is InChI=1S/C20H25ClN2O3S/c1-4-23(12-16-10-11-17(21)27-16)20(25)19(14(2)3)22-18(24)13-26-15-8-6-5-7-9-15/h5-11,14,19H,4,12-13H2,1-3H3,(H,22,24). The van der Waals surface area contributed by atoms with Gasteiger partial charge in [0.25, 0.3) is 5.91 Å². The molecule has 5 nitrogen and oxygen atoms in total. The summed E-state index contributed by atoms with van der Waals surface area (Å²) in [5.41, 5.74) is 0. The van der Waals surface area contributed by atoms with Crippen molar-refractivity contribution in [1.29, 1.82) is 0 Å². The van der Waals surface area contributed by atoms with Crippen LogP contribution in [0, 0.1) is 5.92 Å². The first-order chi connectivity index (χ1) is 12.9. The molecule has 1 unspecified atom stereocenters. The Labute approximate surface area is 169 Å². The van der Waals surface area contributed by atoms with Gasteiger partial charge in [0.05, 0.1) is 10.9 Å². The molecule has 2 rings (SSSR count). The number of halogens is 1. The van der Waals surface area contributed by atoms with Crippen LogP contribution >= 0.6 is 22.9 Å². The lowest BCUT2D eigenvalue weighted by Gasteiger charge is -2.28. The Morgan fingerprint density at radius 1 is 1.19 bits per heavy atom. The summed E-state index contributed by atoms with van der Waals surface area (Å²) >= 11 is 7.43. The topological polar surface area (TPSA) is 58.6 Å². The van der Waals surface area contributed by atoms with E-state index in [0.29, 0.717) is 23.2 Å². The zero-order valence-electron chi connectivity index (χ0n) is 15.8. The van der Waals surface area contributed by atoms with E-state index < -0.39 is 6.04 Å². The number of para-hydroxylation sites is 1. The number of carbonyl (C=O) groups is 2. The van der Waals surface area contributed by atoms with Crippen LogP contribution in [0.2, 0.25) is 4.34 Å². The van der Waals surface area contributed by atoms with Crippen LogP contribution in [0.1, 0.15) is 25.6 Å². The van der Waals surface area contributed by atoms with Gasteiger partial charge in [-0.15, -0.1) is 11.3 Å². The zero-order chi connectivity index (χ0) is 19.8. The van der Waals surface area contributed by atoms with Crippen LogP contribution in [0.25, 0.3) is 0 Å². The molecule has 1 atom stereocenters. The summed E-state index contributed by atoms with van der Waals surface area (Å²) in [5, 5.41) is 2.81. The molecule has 0 saturated heterocycles. The van der Waals surface area contributed by atoms with Crippen molar-refractivity contribution in [3.05, 3.63) is 51.7 Å². The number of thiophene rings is 1. The number of hydrogen-bond acceptors (Lipinski definition) is 4.